The summed E-state index contributed by atoms with van der Waals surface area (Å²) in [6.07, 6.45) is 5.32. The van der Waals surface area contributed by atoms with Crippen molar-refractivity contribution in [1.29, 1.82) is 0 Å². The first-order chi connectivity index (χ1) is 12.7. The quantitative estimate of drug-likeness (QED) is 0.708. The molecule has 1 aliphatic rings. The molecule has 1 aromatic carbocycles. The van der Waals surface area contributed by atoms with Gasteiger partial charge in [-0.1, -0.05) is 0 Å². The van der Waals surface area contributed by atoms with Gasteiger partial charge in [0.1, 0.15) is 5.52 Å². The molecule has 0 atom stereocenters. The maximum atomic E-state index is 12.8. The van der Waals surface area contributed by atoms with Crippen LogP contribution in [0.5, 0.6) is 0 Å². The van der Waals surface area contributed by atoms with Gasteiger partial charge in [0.05, 0.1) is 5.56 Å². The van der Waals surface area contributed by atoms with Gasteiger partial charge in [-0.2, -0.15) is 0 Å². The molecule has 0 unspecified atom stereocenters. The van der Waals surface area contributed by atoms with E-state index in [0.29, 0.717) is 42.9 Å². The van der Waals surface area contributed by atoms with Crippen LogP contribution in [0.4, 0.5) is 0 Å². The molecule has 0 N–H and O–H groups in total. The normalized spacial score (nSPS) is 15.1. The van der Waals surface area contributed by atoms with Gasteiger partial charge in [0, 0.05) is 44.1 Å². The number of rotatable bonds is 2. The third-order valence-electron chi connectivity index (χ3n) is 4.56. The van der Waals surface area contributed by atoms with Crippen LogP contribution in [0.15, 0.2) is 53.5 Å². The molecule has 2 aromatic heterocycles. The number of benzene rings is 1. The predicted molar refractivity (Wildman–Crippen MR) is 94.7 cm³/mol. The Kier molecular flexibility index (Phi) is 4.35. The number of nitrogens with zero attached hydrogens (tertiary/aromatic N) is 4. The van der Waals surface area contributed by atoms with E-state index in [9.17, 15) is 9.59 Å². The van der Waals surface area contributed by atoms with Gasteiger partial charge in [0.25, 0.3) is 11.8 Å². The van der Waals surface area contributed by atoms with Crippen LogP contribution in [-0.2, 0) is 0 Å². The summed E-state index contributed by atoms with van der Waals surface area (Å²) in [5.74, 6) is -0.102. The van der Waals surface area contributed by atoms with Gasteiger partial charge in [0.2, 0.25) is 0 Å². The molecule has 7 nitrogen and oxygen atoms in total. The number of carbonyl (C=O) groups excluding carboxylic acids is 2. The molecular formula is C19H18N4O3. The Balaban J connectivity index is 1.46. The van der Waals surface area contributed by atoms with Crippen molar-refractivity contribution in [2.24, 2.45) is 0 Å². The fourth-order valence-electron chi connectivity index (χ4n) is 3.17. The second-order valence-electron chi connectivity index (χ2n) is 6.21. The minimum Gasteiger partial charge on any atom is -0.443 e. The maximum absolute atomic E-state index is 12.8. The molecule has 0 radical (unpaired) electrons. The lowest BCUT2D eigenvalue weighted by Crippen LogP contribution is -2.37. The fourth-order valence-corrected chi connectivity index (χ4v) is 3.17. The number of oxazole rings is 1. The molecule has 2 amide bonds. The zero-order valence-electron chi connectivity index (χ0n) is 14.2. The third kappa shape index (κ3) is 3.15. The summed E-state index contributed by atoms with van der Waals surface area (Å²) in [7, 11) is 0. The molecule has 26 heavy (non-hydrogen) atoms. The highest BCUT2D eigenvalue weighted by atomic mass is 16.3. The molecule has 0 bridgehead atoms. The third-order valence-corrected chi connectivity index (χ3v) is 4.56. The van der Waals surface area contributed by atoms with Gasteiger partial charge < -0.3 is 14.2 Å². The smallest absolute Gasteiger partial charge is 0.255 e. The van der Waals surface area contributed by atoms with Crippen LogP contribution < -0.4 is 0 Å². The zero-order valence-corrected chi connectivity index (χ0v) is 14.2. The molecule has 4 rings (SSSR count). The molecule has 3 heterocycles. The molecule has 0 aliphatic carbocycles. The van der Waals surface area contributed by atoms with Crippen molar-refractivity contribution in [1.82, 2.24) is 19.8 Å². The van der Waals surface area contributed by atoms with E-state index in [1.165, 1.54) is 6.39 Å². The summed E-state index contributed by atoms with van der Waals surface area (Å²) in [5.41, 5.74) is 2.47. The topological polar surface area (TPSA) is 79.5 Å². The minimum absolute atomic E-state index is 0.0459. The van der Waals surface area contributed by atoms with Crippen LogP contribution in [0.25, 0.3) is 11.1 Å². The van der Waals surface area contributed by atoms with Crippen molar-refractivity contribution in [3.8, 4) is 0 Å². The van der Waals surface area contributed by atoms with Crippen molar-refractivity contribution < 1.29 is 14.0 Å². The molecule has 0 saturated carbocycles. The van der Waals surface area contributed by atoms with Gasteiger partial charge in [-0.25, -0.2) is 4.98 Å². The van der Waals surface area contributed by atoms with Gasteiger partial charge in [0.15, 0.2) is 12.0 Å². The lowest BCUT2D eigenvalue weighted by atomic mass is 10.1. The monoisotopic (exact) mass is 350 g/mol. The predicted octanol–water partition coefficient (Wildman–Crippen LogP) is 2.21. The summed E-state index contributed by atoms with van der Waals surface area (Å²) in [4.78, 5) is 37.0. The van der Waals surface area contributed by atoms with E-state index in [-0.39, 0.29) is 11.8 Å². The maximum Gasteiger partial charge on any atom is 0.255 e. The highest BCUT2D eigenvalue weighted by Gasteiger charge is 2.24. The molecule has 0 spiro atoms. The fraction of sp³-hybridized carbons (Fsp3) is 0.263. The lowest BCUT2D eigenvalue weighted by molar-refractivity contribution is 0.0718. The van der Waals surface area contributed by atoms with Crippen LogP contribution in [0, 0.1) is 0 Å². The van der Waals surface area contributed by atoms with E-state index in [2.05, 4.69) is 9.97 Å². The number of hydrogen-bond donors (Lipinski definition) is 0. The summed E-state index contributed by atoms with van der Waals surface area (Å²) >= 11 is 0. The van der Waals surface area contributed by atoms with E-state index in [1.54, 1.807) is 52.5 Å². The second-order valence-corrected chi connectivity index (χ2v) is 6.21. The standard InChI is InChI=1S/C19H18N4O3/c24-18(14-4-5-16-17(11-14)26-13-21-16)22-7-2-8-23(10-9-22)19(25)15-3-1-6-20-12-15/h1,3-6,11-13H,2,7-10H2. The van der Waals surface area contributed by atoms with Crippen LogP contribution in [0.1, 0.15) is 27.1 Å². The molecular weight excluding hydrogens is 332 g/mol. The number of carbonyl (C=O) groups is 2. The van der Waals surface area contributed by atoms with E-state index in [1.807, 2.05) is 0 Å². The Morgan fingerprint density at radius 1 is 0.962 bits per heavy atom. The van der Waals surface area contributed by atoms with Crippen LogP contribution >= 0.6 is 0 Å². The average Bonchev–Trinajstić information content (AvgIpc) is 3.02. The van der Waals surface area contributed by atoms with Crippen molar-refractivity contribution in [3.63, 3.8) is 0 Å². The van der Waals surface area contributed by atoms with Crippen molar-refractivity contribution in [2.75, 3.05) is 26.2 Å². The second kappa shape index (κ2) is 6.95. The first-order valence-corrected chi connectivity index (χ1v) is 8.54. The number of hydrogen-bond acceptors (Lipinski definition) is 5. The zero-order chi connectivity index (χ0) is 17.9. The number of pyridine rings is 1. The van der Waals surface area contributed by atoms with Crippen LogP contribution in [-0.4, -0.2) is 57.8 Å². The Bertz CT molecular complexity index is 938. The van der Waals surface area contributed by atoms with E-state index >= 15 is 0 Å². The number of amides is 2. The highest BCUT2D eigenvalue weighted by Crippen LogP contribution is 2.17. The van der Waals surface area contributed by atoms with E-state index in [4.69, 9.17) is 4.42 Å². The molecule has 3 aromatic rings. The first-order valence-electron chi connectivity index (χ1n) is 8.54. The first kappa shape index (κ1) is 16.3. The van der Waals surface area contributed by atoms with Gasteiger partial charge >= 0.3 is 0 Å². The largest absolute Gasteiger partial charge is 0.443 e. The lowest BCUT2D eigenvalue weighted by Gasteiger charge is -2.22. The van der Waals surface area contributed by atoms with Gasteiger partial charge in [-0.05, 0) is 36.8 Å². The summed E-state index contributed by atoms with van der Waals surface area (Å²) in [5, 5.41) is 0. The SMILES string of the molecule is O=C(c1cccnc1)N1CCCN(C(=O)c2ccc3ncoc3c2)CC1. The van der Waals surface area contributed by atoms with Crippen molar-refractivity contribution in [2.45, 2.75) is 6.42 Å². The summed E-state index contributed by atoms with van der Waals surface area (Å²) in [6, 6.07) is 8.77. The Labute approximate surface area is 150 Å². The highest BCUT2D eigenvalue weighted by molar-refractivity contribution is 5.97. The van der Waals surface area contributed by atoms with Gasteiger partial charge in [-0.3, -0.25) is 14.6 Å². The van der Waals surface area contributed by atoms with Crippen LogP contribution in [0.3, 0.4) is 0 Å². The van der Waals surface area contributed by atoms with E-state index < -0.39 is 0 Å². The van der Waals surface area contributed by atoms with Crippen LogP contribution in [0.2, 0.25) is 0 Å². The van der Waals surface area contributed by atoms with Crippen molar-refractivity contribution in [3.05, 3.63) is 60.2 Å². The molecule has 1 saturated heterocycles. The van der Waals surface area contributed by atoms with E-state index in [0.717, 1.165) is 11.9 Å². The Hall–Kier alpha value is -3.22. The van der Waals surface area contributed by atoms with Crippen molar-refractivity contribution >= 4 is 22.9 Å². The Morgan fingerprint density at radius 3 is 2.46 bits per heavy atom. The molecule has 7 heteroatoms. The minimum atomic E-state index is -0.0565. The Morgan fingerprint density at radius 2 is 1.73 bits per heavy atom. The molecule has 1 aliphatic heterocycles. The number of aromatic nitrogens is 2. The molecule has 132 valence electrons. The molecule has 1 fully saturated rings. The summed E-state index contributed by atoms with van der Waals surface area (Å²) in [6.45, 7) is 2.24. The average molecular weight is 350 g/mol. The summed E-state index contributed by atoms with van der Waals surface area (Å²) < 4.78 is 5.28. The number of fused-ring (bicyclic) bond motifs is 1. The van der Waals surface area contributed by atoms with Gasteiger partial charge in [-0.15, -0.1) is 0 Å².